The zero-order chi connectivity index (χ0) is 19.9. The number of carbonyl (C=O) groups is 1. The molecule has 2 aromatic carbocycles. The summed E-state index contributed by atoms with van der Waals surface area (Å²) >= 11 is 0. The van der Waals surface area contributed by atoms with Crippen molar-refractivity contribution in [1.82, 2.24) is 4.72 Å². The van der Waals surface area contributed by atoms with Crippen molar-refractivity contribution in [1.29, 1.82) is 0 Å². The van der Waals surface area contributed by atoms with Crippen molar-refractivity contribution in [3.63, 3.8) is 0 Å². The van der Waals surface area contributed by atoms with Crippen LogP contribution in [0.15, 0.2) is 53.4 Å². The number of hydrogen-bond acceptors (Lipinski definition) is 4. The Morgan fingerprint density at radius 2 is 1.81 bits per heavy atom. The van der Waals surface area contributed by atoms with E-state index in [4.69, 9.17) is 4.74 Å². The first-order valence-electron chi connectivity index (χ1n) is 8.94. The second kappa shape index (κ2) is 9.53. The van der Waals surface area contributed by atoms with E-state index >= 15 is 0 Å². The molecule has 0 radical (unpaired) electrons. The van der Waals surface area contributed by atoms with Crippen LogP contribution in [0, 0.1) is 0 Å². The molecule has 7 heteroatoms. The number of sulfonamides is 1. The highest BCUT2D eigenvalue weighted by Gasteiger charge is 2.14. The zero-order valence-corrected chi connectivity index (χ0v) is 16.7. The zero-order valence-electron chi connectivity index (χ0n) is 15.9. The van der Waals surface area contributed by atoms with Gasteiger partial charge in [0.1, 0.15) is 5.75 Å². The van der Waals surface area contributed by atoms with Crippen LogP contribution in [0.4, 0.5) is 5.69 Å². The fourth-order valence-corrected chi connectivity index (χ4v) is 3.49. The molecule has 0 atom stereocenters. The summed E-state index contributed by atoms with van der Waals surface area (Å²) < 4.78 is 32.3. The van der Waals surface area contributed by atoms with Crippen molar-refractivity contribution in [3.8, 4) is 5.75 Å². The molecule has 2 rings (SSSR count). The SMILES string of the molecule is CCOc1ccc(S(=O)(=O)NCCC(=O)Nc2cccc(C(C)C)c2)cc1. The fraction of sp³-hybridized carbons (Fsp3) is 0.350. The highest BCUT2D eigenvalue weighted by atomic mass is 32.2. The maximum atomic E-state index is 12.3. The Morgan fingerprint density at radius 3 is 2.44 bits per heavy atom. The number of nitrogens with one attached hydrogen (secondary N) is 2. The van der Waals surface area contributed by atoms with E-state index in [1.165, 1.54) is 12.1 Å². The molecule has 6 nitrogen and oxygen atoms in total. The molecule has 1 amide bonds. The number of ether oxygens (including phenoxy) is 1. The van der Waals surface area contributed by atoms with Crippen LogP contribution in [-0.2, 0) is 14.8 Å². The number of amides is 1. The molecule has 0 aliphatic carbocycles. The third-order valence-corrected chi connectivity index (χ3v) is 5.40. The third kappa shape index (κ3) is 6.37. The van der Waals surface area contributed by atoms with E-state index in [0.717, 1.165) is 5.56 Å². The van der Waals surface area contributed by atoms with Crippen LogP contribution in [0.5, 0.6) is 5.75 Å². The van der Waals surface area contributed by atoms with Crippen molar-refractivity contribution < 1.29 is 17.9 Å². The van der Waals surface area contributed by atoms with E-state index in [1.807, 2.05) is 31.2 Å². The molecule has 0 saturated heterocycles. The smallest absolute Gasteiger partial charge is 0.240 e. The standard InChI is InChI=1S/C20H26N2O4S/c1-4-26-18-8-10-19(11-9-18)27(24,25)21-13-12-20(23)22-17-7-5-6-16(14-17)15(2)3/h5-11,14-15,21H,4,12-13H2,1-3H3,(H,22,23). The van der Waals surface area contributed by atoms with Gasteiger partial charge in [-0.1, -0.05) is 26.0 Å². The van der Waals surface area contributed by atoms with Gasteiger partial charge in [0, 0.05) is 18.7 Å². The van der Waals surface area contributed by atoms with E-state index in [0.29, 0.717) is 24.0 Å². The van der Waals surface area contributed by atoms with Crippen LogP contribution in [0.3, 0.4) is 0 Å². The van der Waals surface area contributed by atoms with Gasteiger partial charge in [-0.2, -0.15) is 0 Å². The van der Waals surface area contributed by atoms with Gasteiger partial charge in [-0.3, -0.25) is 4.79 Å². The first-order chi connectivity index (χ1) is 12.8. The highest BCUT2D eigenvalue weighted by Crippen LogP contribution is 2.19. The van der Waals surface area contributed by atoms with Crippen molar-refractivity contribution in [2.75, 3.05) is 18.5 Å². The summed E-state index contributed by atoms with van der Waals surface area (Å²) in [4.78, 5) is 12.2. The number of anilines is 1. The van der Waals surface area contributed by atoms with Crippen molar-refractivity contribution >= 4 is 21.6 Å². The molecule has 146 valence electrons. The molecular weight excluding hydrogens is 364 g/mol. The van der Waals surface area contributed by atoms with Gasteiger partial charge in [0.25, 0.3) is 0 Å². The lowest BCUT2D eigenvalue weighted by Crippen LogP contribution is -2.27. The molecule has 0 saturated carbocycles. The van der Waals surface area contributed by atoms with Crippen LogP contribution < -0.4 is 14.8 Å². The average molecular weight is 391 g/mol. The molecule has 0 bridgehead atoms. The van der Waals surface area contributed by atoms with Crippen LogP contribution in [0.25, 0.3) is 0 Å². The van der Waals surface area contributed by atoms with E-state index in [2.05, 4.69) is 23.9 Å². The average Bonchev–Trinajstić information content (AvgIpc) is 2.62. The van der Waals surface area contributed by atoms with Crippen LogP contribution in [0.2, 0.25) is 0 Å². The van der Waals surface area contributed by atoms with Crippen molar-refractivity contribution in [2.45, 2.75) is 38.0 Å². The normalized spacial score (nSPS) is 11.4. The van der Waals surface area contributed by atoms with Crippen molar-refractivity contribution in [3.05, 3.63) is 54.1 Å². The Labute approximate surface area is 161 Å². The van der Waals surface area contributed by atoms with Gasteiger partial charge < -0.3 is 10.1 Å². The minimum Gasteiger partial charge on any atom is -0.494 e. The van der Waals surface area contributed by atoms with Crippen LogP contribution in [-0.4, -0.2) is 27.5 Å². The van der Waals surface area contributed by atoms with E-state index in [1.54, 1.807) is 12.1 Å². The third-order valence-electron chi connectivity index (χ3n) is 3.93. The van der Waals surface area contributed by atoms with Gasteiger partial charge >= 0.3 is 0 Å². The van der Waals surface area contributed by atoms with E-state index in [-0.39, 0.29) is 23.8 Å². The molecule has 0 aliphatic rings. The number of carbonyl (C=O) groups excluding carboxylic acids is 1. The predicted molar refractivity (Wildman–Crippen MR) is 107 cm³/mol. The van der Waals surface area contributed by atoms with Gasteiger partial charge in [0.15, 0.2) is 0 Å². The summed E-state index contributed by atoms with van der Waals surface area (Å²) in [5, 5.41) is 2.79. The van der Waals surface area contributed by atoms with Gasteiger partial charge in [-0.25, -0.2) is 13.1 Å². The Hall–Kier alpha value is -2.38. The Kier molecular flexibility index (Phi) is 7.38. The summed E-state index contributed by atoms with van der Waals surface area (Å²) in [5.41, 5.74) is 1.84. The molecule has 0 fully saturated rings. The van der Waals surface area contributed by atoms with Gasteiger partial charge in [-0.05, 0) is 54.8 Å². The number of benzene rings is 2. The molecule has 0 aliphatic heterocycles. The number of rotatable bonds is 9. The Bertz CT molecular complexity index is 862. The molecule has 0 unspecified atom stereocenters. The lowest BCUT2D eigenvalue weighted by atomic mass is 10.0. The van der Waals surface area contributed by atoms with Crippen LogP contribution >= 0.6 is 0 Å². The van der Waals surface area contributed by atoms with E-state index < -0.39 is 10.0 Å². The minimum absolute atomic E-state index is 0.0191. The summed E-state index contributed by atoms with van der Waals surface area (Å²) in [6.45, 7) is 6.55. The van der Waals surface area contributed by atoms with Gasteiger partial charge in [-0.15, -0.1) is 0 Å². The summed E-state index contributed by atoms with van der Waals surface area (Å²) in [6.07, 6.45) is 0.0438. The van der Waals surface area contributed by atoms with Gasteiger partial charge in [0.2, 0.25) is 15.9 Å². The lowest BCUT2D eigenvalue weighted by Gasteiger charge is -2.10. The molecule has 0 aromatic heterocycles. The monoisotopic (exact) mass is 390 g/mol. The second-order valence-corrected chi connectivity index (χ2v) is 8.15. The quantitative estimate of drug-likeness (QED) is 0.686. The maximum absolute atomic E-state index is 12.3. The molecule has 2 N–H and O–H groups in total. The lowest BCUT2D eigenvalue weighted by molar-refractivity contribution is -0.116. The molecule has 0 spiro atoms. The van der Waals surface area contributed by atoms with Crippen LogP contribution in [0.1, 0.15) is 38.7 Å². The Balaban J connectivity index is 1.87. The summed E-state index contributed by atoms with van der Waals surface area (Å²) in [7, 11) is -3.66. The topological polar surface area (TPSA) is 84.5 Å². The fourth-order valence-electron chi connectivity index (χ4n) is 2.46. The Morgan fingerprint density at radius 1 is 1.11 bits per heavy atom. The molecule has 27 heavy (non-hydrogen) atoms. The predicted octanol–water partition coefficient (Wildman–Crippen LogP) is 3.52. The first-order valence-corrected chi connectivity index (χ1v) is 10.4. The largest absolute Gasteiger partial charge is 0.494 e. The van der Waals surface area contributed by atoms with Gasteiger partial charge in [0.05, 0.1) is 11.5 Å². The number of hydrogen-bond donors (Lipinski definition) is 2. The molecule has 0 heterocycles. The maximum Gasteiger partial charge on any atom is 0.240 e. The second-order valence-electron chi connectivity index (χ2n) is 6.38. The summed E-state index contributed by atoms with van der Waals surface area (Å²) in [6, 6.07) is 13.8. The van der Waals surface area contributed by atoms with E-state index in [9.17, 15) is 13.2 Å². The van der Waals surface area contributed by atoms with Crippen molar-refractivity contribution in [2.24, 2.45) is 0 Å². The molecular formula is C20H26N2O4S. The first kappa shape index (κ1) is 20.9. The minimum atomic E-state index is -3.66. The summed E-state index contributed by atoms with van der Waals surface area (Å²) in [5.74, 6) is 0.729. The highest BCUT2D eigenvalue weighted by molar-refractivity contribution is 7.89. The molecule has 2 aromatic rings.